The van der Waals surface area contributed by atoms with Crippen LogP contribution in [0.4, 0.5) is 4.39 Å². The molecule has 0 heterocycles. The van der Waals surface area contributed by atoms with E-state index in [1.54, 1.807) is 13.8 Å². The Bertz CT molecular complexity index is 557. The lowest BCUT2D eigenvalue weighted by Gasteiger charge is -2.22. The van der Waals surface area contributed by atoms with Crippen LogP contribution in [-0.2, 0) is 0 Å². The minimum absolute atomic E-state index is 0.286. The minimum atomic E-state index is -0.286. The number of hydrogen-bond acceptors (Lipinski definition) is 3. The Morgan fingerprint density at radius 3 is 2.26 bits per heavy atom. The lowest BCUT2D eigenvalue weighted by molar-refractivity contribution is 0.524. The van der Waals surface area contributed by atoms with E-state index in [2.05, 4.69) is 18.8 Å². The van der Waals surface area contributed by atoms with Crippen molar-refractivity contribution in [1.29, 1.82) is 0 Å². The molecule has 0 atom stereocenters. The van der Waals surface area contributed by atoms with Crippen LogP contribution in [0, 0.1) is 0 Å². The summed E-state index contributed by atoms with van der Waals surface area (Å²) in [6.45, 7) is 9.57. The zero-order chi connectivity index (χ0) is 18.0. The Hall–Kier alpha value is -2.23. The second-order valence-corrected chi connectivity index (χ2v) is 5.53. The molecule has 0 bridgehead atoms. The summed E-state index contributed by atoms with van der Waals surface area (Å²) in [4.78, 5) is 1.84. The van der Waals surface area contributed by atoms with Gasteiger partial charge in [-0.25, -0.2) is 4.39 Å². The van der Waals surface area contributed by atoms with Gasteiger partial charge in [-0.05, 0) is 37.5 Å². The SMILES string of the molecule is C=C(C(=C\C(F)=C(C)C)/C(=C/N)C(/C=C\CC)=C\NC)N(C)C. The number of likely N-dealkylation sites (N-methyl/N-ethyl adjacent to an activating group) is 1. The molecule has 0 aromatic heterocycles. The molecular formula is C19H30FN3. The highest BCUT2D eigenvalue weighted by molar-refractivity contribution is 5.59. The molecule has 3 N–H and O–H groups in total. The average Bonchev–Trinajstić information content (AvgIpc) is 2.50. The lowest BCUT2D eigenvalue weighted by atomic mass is 9.95. The number of nitrogens with one attached hydrogen (secondary N) is 1. The molecular weight excluding hydrogens is 289 g/mol. The molecule has 0 aliphatic carbocycles. The summed E-state index contributed by atoms with van der Waals surface area (Å²) in [5.41, 5.74) is 9.39. The van der Waals surface area contributed by atoms with Crippen LogP contribution >= 0.6 is 0 Å². The molecule has 0 aromatic carbocycles. The van der Waals surface area contributed by atoms with E-state index < -0.39 is 0 Å². The maximum atomic E-state index is 14.2. The van der Waals surface area contributed by atoms with Crippen LogP contribution in [-0.4, -0.2) is 26.0 Å². The molecule has 3 nitrogen and oxygen atoms in total. The number of allylic oxidation sites excluding steroid dienone is 7. The molecule has 0 aliphatic heterocycles. The largest absolute Gasteiger partial charge is 0.404 e. The van der Waals surface area contributed by atoms with Crippen molar-refractivity contribution in [3.05, 3.63) is 71.0 Å². The summed E-state index contributed by atoms with van der Waals surface area (Å²) in [5.74, 6) is -0.286. The van der Waals surface area contributed by atoms with Crippen molar-refractivity contribution in [2.24, 2.45) is 5.73 Å². The number of halogens is 1. The Labute approximate surface area is 140 Å². The van der Waals surface area contributed by atoms with Crippen molar-refractivity contribution < 1.29 is 4.39 Å². The van der Waals surface area contributed by atoms with Gasteiger partial charge in [-0.3, -0.25) is 0 Å². The molecule has 0 rings (SSSR count). The normalized spacial score (nSPS) is 13.3. The Morgan fingerprint density at radius 1 is 1.26 bits per heavy atom. The van der Waals surface area contributed by atoms with Crippen LogP contribution in [0.2, 0.25) is 0 Å². The Balaban J connectivity index is 6.22. The lowest BCUT2D eigenvalue weighted by Crippen LogP contribution is -2.15. The molecule has 4 heteroatoms. The molecule has 0 fully saturated rings. The van der Waals surface area contributed by atoms with Crippen molar-refractivity contribution in [2.45, 2.75) is 27.2 Å². The highest BCUT2D eigenvalue weighted by Gasteiger charge is 2.15. The first-order valence-corrected chi connectivity index (χ1v) is 7.67. The Morgan fingerprint density at radius 2 is 1.87 bits per heavy atom. The summed E-state index contributed by atoms with van der Waals surface area (Å²) in [5, 5.41) is 3.00. The highest BCUT2D eigenvalue weighted by Crippen LogP contribution is 2.28. The number of hydrogen-bond donors (Lipinski definition) is 2. The van der Waals surface area contributed by atoms with Gasteiger partial charge in [-0.1, -0.05) is 25.7 Å². The van der Waals surface area contributed by atoms with E-state index in [1.807, 2.05) is 44.4 Å². The summed E-state index contributed by atoms with van der Waals surface area (Å²) in [6.07, 6.45) is 9.70. The zero-order valence-electron chi connectivity index (χ0n) is 15.2. The number of nitrogens with two attached hydrogens (primary N) is 1. The van der Waals surface area contributed by atoms with Crippen LogP contribution in [0.25, 0.3) is 0 Å². The number of rotatable bonds is 8. The van der Waals surface area contributed by atoms with Crippen molar-refractivity contribution in [3.8, 4) is 0 Å². The molecule has 0 unspecified atom stereocenters. The third-order valence-electron chi connectivity index (χ3n) is 3.20. The van der Waals surface area contributed by atoms with E-state index in [9.17, 15) is 4.39 Å². The van der Waals surface area contributed by atoms with Crippen LogP contribution in [0.3, 0.4) is 0 Å². The third kappa shape index (κ3) is 6.59. The molecule has 0 saturated carbocycles. The highest BCUT2D eigenvalue weighted by atomic mass is 19.1. The van der Waals surface area contributed by atoms with Gasteiger partial charge in [-0.15, -0.1) is 0 Å². The average molecular weight is 319 g/mol. The summed E-state index contributed by atoms with van der Waals surface area (Å²) < 4.78 is 14.2. The quantitative estimate of drug-likeness (QED) is 0.660. The fraction of sp³-hybridized carbons (Fsp3) is 0.368. The van der Waals surface area contributed by atoms with Crippen molar-refractivity contribution >= 4 is 0 Å². The van der Waals surface area contributed by atoms with Gasteiger partial charge in [0.25, 0.3) is 0 Å². The van der Waals surface area contributed by atoms with E-state index in [0.29, 0.717) is 16.8 Å². The smallest absolute Gasteiger partial charge is 0.122 e. The molecule has 0 saturated heterocycles. The van der Waals surface area contributed by atoms with Gasteiger partial charge < -0.3 is 16.0 Å². The molecule has 0 aromatic rings. The summed E-state index contributed by atoms with van der Waals surface area (Å²) >= 11 is 0. The zero-order valence-corrected chi connectivity index (χ0v) is 15.2. The first-order valence-electron chi connectivity index (χ1n) is 7.67. The fourth-order valence-electron chi connectivity index (χ4n) is 1.79. The van der Waals surface area contributed by atoms with Crippen molar-refractivity contribution in [1.82, 2.24) is 10.2 Å². The van der Waals surface area contributed by atoms with Crippen LogP contribution in [0.15, 0.2) is 71.0 Å². The van der Waals surface area contributed by atoms with Gasteiger partial charge in [0, 0.05) is 50.4 Å². The minimum Gasteiger partial charge on any atom is -0.404 e. The molecule has 0 aliphatic rings. The molecule has 0 spiro atoms. The predicted octanol–water partition coefficient (Wildman–Crippen LogP) is 4.16. The standard InChI is InChI=1S/C19H30FN3/c1-8-9-10-16(13-22-5)18(12-21)17(15(4)23(6)7)11-19(20)14(2)3/h9-13,22H,4,8,21H2,1-3,5-7H3/b10-9-,16-13-,17-11+,18-12+. The molecule has 128 valence electrons. The maximum Gasteiger partial charge on any atom is 0.122 e. The topological polar surface area (TPSA) is 41.3 Å². The van der Waals surface area contributed by atoms with Crippen molar-refractivity contribution in [2.75, 3.05) is 21.1 Å². The first kappa shape index (κ1) is 20.8. The molecule has 0 radical (unpaired) electrons. The van der Waals surface area contributed by atoms with Gasteiger partial charge in [0.1, 0.15) is 5.83 Å². The van der Waals surface area contributed by atoms with Gasteiger partial charge in [0.2, 0.25) is 0 Å². The van der Waals surface area contributed by atoms with Crippen LogP contribution in [0.1, 0.15) is 27.2 Å². The van der Waals surface area contributed by atoms with Crippen LogP contribution in [0.5, 0.6) is 0 Å². The van der Waals surface area contributed by atoms with Crippen molar-refractivity contribution in [3.63, 3.8) is 0 Å². The third-order valence-corrected chi connectivity index (χ3v) is 3.20. The van der Waals surface area contributed by atoms with E-state index in [-0.39, 0.29) is 5.83 Å². The predicted molar refractivity (Wildman–Crippen MR) is 99.2 cm³/mol. The van der Waals surface area contributed by atoms with Crippen LogP contribution < -0.4 is 11.1 Å². The van der Waals surface area contributed by atoms with Gasteiger partial charge in [-0.2, -0.15) is 0 Å². The van der Waals surface area contributed by atoms with Gasteiger partial charge in [0.15, 0.2) is 0 Å². The fourth-order valence-corrected chi connectivity index (χ4v) is 1.79. The second kappa shape index (κ2) is 10.5. The van der Waals surface area contributed by atoms with E-state index in [4.69, 9.17) is 5.73 Å². The Kier molecular flexibility index (Phi) is 9.47. The summed E-state index contributed by atoms with van der Waals surface area (Å²) in [6, 6.07) is 0. The second-order valence-electron chi connectivity index (χ2n) is 5.53. The summed E-state index contributed by atoms with van der Waals surface area (Å²) in [7, 11) is 5.55. The maximum absolute atomic E-state index is 14.2. The monoisotopic (exact) mass is 319 g/mol. The first-order chi connectivity index (χ1) is 10.8. The molecule has 23 heavy (non-hydrogen) atoms. The van der Waals surface area contributed by atoms with E-state index >= 15 is 0 Å². The van der Waals surface area contributed by atoms with Gasteiger partial charge in [0.05, 0.1) is 0 Å². The van der Waals surface area contributed by atoms with E-state index in [0.717, 1.165) is 17.6 Å². The van der Waals surface area contributed by atoms with E-state index in [1.165, 1.54) is 12.3 Å². The number of nitrogens with zero attached hydrogens (tertiary/aromatic N) is 1. The van der Waals surface area contributed by atoms with Gasteiger partial charge >= 0.3 is 0 Å². The molecule has 0 amide bonds.